The van der Waals surface area contributed by atoms with Gasteiger partial charge in [-0.1, -0.05) is 29.8 Å². The first-order valence-corrected chi connectivity index (χ1v) is 8.34. The molecule has 1 amide bonds. The van der Waals surface area contributed by atoms with Gasteiger partial charge in [0.15, 0.2) is 6.04 Å². The highest BCUT2D eigenvalue weighted by molar-refractivity contribution is 6.31. The first kappa shape index (κ1) is 18.5. The molecule has 0 unspecified atom stereocenters. The second-order valence-corrected chi connectivity index (χ2v) is 7.31. The lowest BCUT2D eigenvalue weighted by Gasteiger charge is -2.37. The number of aliphatic carboxylic acids is 1. The number of amides is 1. The molecule has 0 spiro atoms. The van der Waals surface area contributed by atoms with E-state index in [1.165, 1.54) is 0 Å². The molecule has 0 aliphatic carbocycles. The highest BCUT2D eigenvalue weighted by Gasteiger charge is 2.33. The lowest BCUT2D eigenvalue weighted by atomic mass is 10.0. The number of piperazine rings is 1. The van der Waals surface area contributed by atoms with Gasteiger partial charge in [-0.05, 0) is 26.8 Å². The van der Waals surface area contributed by atoms with Crippen molar-refractivity contribution in [3.05, 3.63) is 34.9 Å². The number of hydrogen-bond acceptors (Lipinski definition) is 4. The lowest BCUT2D eigenvalue weighted by Crippen LogP contribution is -3.16. The van der Waals surface area contributed by atoms with E-state index < -0.39 is 17.6 Å². The molecule has 24 heavy (non-hydrogen) atoms. The Labute approximate surface area is 146 Å². The van der Waals surface area contributed by atoms with Gasteiger partial charge >= 0.3 is 6.09 Å². The van der Waals surface area contributed by atoms with E-state index in [9.17, 15) is 14.7 Å². The Morgan fingerprint density at radius 1 is 1.25 bits per heavy atom. The topological polar surface area (TPSA) is 74.1 Å². The van der Waals surface area contributed by atoms with E-state index in [1.807, 2.05) is 20.8 Å². The van der Waals surface area contributed by atoms with Crippen molar-refractivity contribution < 1.29 is 24.3 Å². The molecule has 7 heteroatoms. The van der Waals surface area contributed by atoms with Crippen LogP contribution in [0.3, 0.4) is 0 Å². The van der Waals surface area contributed by atoms with Crippen LogP contribution >= 0.6 is 11.6 Å². The summed E-state index contributed by atoms with van der Waals surface area (Å²) in [5, 5.41) is 12.1. The Bertz CT molecular complexity index is 607. The Kier molecular flexibility index (Phi) is 5.72. The molecule has 1 aliphatic heterocycles. The van der Waals surface area contributed by atoms with Gasteiger partial charge in [-0.25, -0.2) is 4.79 Å². The molecule has 0 aromatic heterocycles. The van der Waals surface area contributed by atoms with Crippen molar-refractivity contribution in [1.29, 1.82) is 0 Å². The van der Waals surface area contributed by atoms with Crippen molar-refractivity contribution in [2.75, 3.05) is 26.2 Å². The van der Waals surface area contributed by atoms with Gasteiger partial charge in [-0.15, -0.1) is 0 Å². The number of carboxylic acid groups (broad SMARTS) is 1. The summed E-state index contributed by atoms with van der Waals surface area (Å²) in [4.78, 5) is 26.2. The summed E-state index contributed by atoms with van der Waals surface area (Å²) >= 11 is 6.15. The highest BCUT2D eigenvalue weighted by atomic mass is 35.5. The Morgan fingerprint density at radius 2 is 1.83 bits per heavy atom. The third-order valence-electron chi connectivity index (χ3n) is 3.92. The predicted molar refractivity (Wildman–Crippen MR) is 87.7 cm³/mol. The largest absolute Gasteiger partial charge is 0.544 e. The van der Waals surface area contributed by atoms with Crippen LogP contribution in [0.4, 0.5) is 4.79 Å². The Morgan fingerprint density at radius 3 is 2.33 bits per heavy atom. The number of ether oxygens (including phenoxy) is 1. The fraction of sp³-hybridized carbons (Fsp3) is 0.529. The molecule has 0 bridgehead atoms. The zero-order valence-corrected chi connectivity index (χ0v) is 14.9. The number of nitrogens with one attached hydrogen (secondary N) is 1. The molecule has 1 aromatic rings. The zero-order chi connectivity index (χ0) is 17.9. The van der Waals surface area contributed by atoms with Crippen molar-refractivity contribution >= 4 is 23.7 Å². The van der Waals surface area contributed by atoms with Gasteiger partial charge in [0.05, 0.1) is 31.2 Å². The zero-order valence-electron chi connectivity index (χ0n) is 14.2. The van der Waals surface area contributed by atoms with Crippen molar-refractivity contribution in [3.63, 3.8) is 0 Å². The third kappa shape index (κ3) is 4.61. The fourth-order valence-electron chi connectivity index (χ4n) is 2.81. The van der Waals surface area contributed by atoms with Gasteiger partial charge in [0.1, 0.15) is 11.6 Å². The second-order valence-electron chi connectivity index (χ2n) is 6.90. The quantitative estimate of drug-likeness (QED) is 0.845. The minimum atomic E-state index is -1.16. The van der Waals surface area contributed by atoms with E-state index in [-0.39, 0.29) is 6.09 Å². The molecule has 1 atom stereocenters. The number of halogens is 1. The number of carbonyl (C=O) groups is 2. The van der Waals surface area contributed by atoms with E-state index in [0.29, 0.717) is 36.8 Å². The first-order valence-electron chi connectivity index (χ1n) is 7.97. The molecule has 6 nitrogen and oxygen atoms in total. The average molecular weight is 355 g/mol. The highest BCUT2D eigenvalue weighted by Crippen LogP contribution is 2.21. The van der Waals surface area contributed by atoms with E-state index in [4.69, 9.17) is 16.3 Å². The predicted octanol–water partition coefficient (Wildman–Crippen LogP) is 0.267. The maximum Gasteiger partial charge on any atom is 0.410 e. The Balaban J connectivity index is 2.05. The molecule has 2 rings (SSSR count). The molecular formula is C17H23ClN2O4. The van der Waals surface area contributed by atoms with Crippen LogP contribution in [0.1, 0.15) is 32.4 Å². The number of carboxylic acids is 1. The van der Waals surface area contributed by atoms with E-state index in [0.717, 1.165) is 4.90 Å². The van der Waals surface area contributed by atoms with E-state index >= 15 is 0 Å². The van der Waals surface area contributed by atoms with Crippen LogP contribution in [-0.4, -0.2) is 48.7 Å². The van der Waals surface area contributed by atoms with Crippen LogP contribution in [0.15, 0.2) is 24.3 Å². The van der Waals surface area contributed by atoms with Crippen molar-refractivity contribution in [3.8, 4) is 0 Å². The van der Waals surface area contributed by atoms with Crippen LogP contribution in [-0.2, 0) is 9.53 Å². The summed E-state index contributed by atoms with van der Waals surface area (Å²) in [6, 6.07) is 6.04. The summed E-state index contributed by atoms with van der Waals surface area (Å²) in [7, 11) is 0. The van der Waals surface area contributed by atoms with Crippen LogP contribution in [0, 0.1) is 0 Å². The first-order chi connectivity index (χ1) is 11.2. The molecule has 132 valence electrons. The van der Waals surface area contributed by atoms with E-state index in [2.05, 4.69) is 0 Å². The number of rotatable bonds is 3. The normalized spacial score (nSPS) is 17.4. The van der Waals surface area contributed by atoms with Gasteiger partial charge in [-0.3, -0.25) is 4.90 Å². The molecule has 1 saturated heterocycles. The average Bonchev–Trinajstić information content (AvgIpc) is 2.48. The van der Waals surface area contributed by atoms with Crippen LogP contribution < -0.4 is 10.0 Å². The number of quaternary nitrogens is 1. The summed E-state index contributed by atoms with van der Waals surface area (Å²) in [5.41, 5.74) is -0.00789. The van der Waals surface area contributed by atoms with Gasteiger partial charge in [0, 0.05) is 5.56 Å². The molecule has 1 N–H and O–H groups in total. The van der Waals surface area contributed by atoms with Gasteiger partial charge in [-0.2, -0.15) is 0 Å². The number of benzene rings is 1. The van der Waals surface area contributed by atoms with Gasteiger partial charge in [0.25, 0.3) is 0 Å². The van der Waals surface area contributed by atoms with Gasteiger partial charge in [0.2, 0.25) is 0 Å². The van der Waals surface area contributed by atoms with Crippen molar-refractivity contribution in [1.82, 2.24) is 4.90 Å². The summed E-state index contributed by atoms with van der Waals surface area (Å²) < 4.78 is 5.35. The smallest absolute Gasteiger partial charge is 0.410 e. The lowest BCUT2D eigenvalue weighted by molar-refractivity contribution is -0.928. The molecule has 1 heterocycles. The molecule has 1 fully saturated rings. The SMILES string of the molecule is CC(C)(C)OC(=O)N1CC[NH+]([C@@H](C(=O)[O-])c2ccccc2Cl)CC1. The summed E-state index contributed by atoms with van der Waals surface area (Å²) in [6.07, 6.45) is -0.371. The molecule has 0 saturated carbocycles. The minimum absolute atomic E-state index is 0.371. The third-order valence-corrected chi connectivity index (χ3v) is 4.26. The number of carbonyl (C=O) groups excluding carboxylic acids is 2. The molecule has 0 radical (unpaired) electrons. The number of nitrogens with zero attached hydrogens (tertiary/aromatic N) is 1. The molecular weight excluding hydrogens is 332 g/mol. The second kappa shape index (κ2) is 7.40. The minimum Gasteiger partial charge on any atom is -0.544 e. The van der Waals surface area contributed by atoms with E-state index in [1.54, 1.807) is 29.2 Å². The molecule has 1 aliphatic rings. The maximum absolute atomic E-state index is 12.1. The standard InChI is InChI=1S/C17H23ClN2O4/c1-17(2,3)24-16(23)20-10-8-19(9-11-20)14(15(21)22)12-6-4-5-7-13(12)18/h4-7,14H,8-11H2,1-3H3,(H,21,22)/t14-/m1/s1. The fourth-order valence-corrected chi connectivity index (χ4v) is 3.06. The monoisotopic (exact) mass is 354 g/mol. The van der Waals surface area contributed by atoms with Crippen LogP contribution in [0.25, 0.3) is 0 Å². The van der Waals surface area contributed by atoms with Crippen molar-refractivity contribution in [2.24, 2.45) is 0 Å². The Hall–Kier alpha value is -1.79. The van der Waals surface area contributed by atoms with Gasteiger partial charge < -0.3 is 19.5 Å². The van der Waals surface area contributed by atoms with Crippen LogP contribution in [0.2, 0.25) is 5.02 Å². The molecule has 1 aromatic carbocycles. The summed E-state index contributed by atoms with van der Waals surface area (Å²) in [5.74, 6) is -1.16. The van der Waals surface area contributed by atoms with Crippen LogP contribution in [0.5, 0.6) is 0 Å². The van der Waals surface area contributed by atoms with Crippen molar-refractivity contribution in [2.45, 2.75) is 32.4 Å². The maximum atomic E-state index is 12.1. The number of hydrogen-bond donors (Lipinski definition) is 1. The summed E-state index contributed by atoms with van der Waals surface area (Å²) in [6.45, 7) is 7.28.